The first-order valence-electron chi connectivity index (χ1n) is 7.18. The van der Waals surface area contributed by atoms with Crippen molar-refractivity contribution in [2.45, 2.75) is 45.3 Å². The van der Waals surface area contributed by atoms with Crippen LogP contribution in [-0.4, -0.2) is 23.0 Å². The molecule has 1 aliphatic heterocycles. The molecule has 0 saturated carbocycles. The Morgan fingerprint density at radius 1 is 1.15 bits per heavy atom. The molecule has 0 amide bonds. The molecular weight excluding hydrogens is 250 g/mol. The molecule has 1 unspecified atom stereocenters. The molecule has 108 valence electrons. The minimum absolute atomic E-state index is 0.509. The van der Waals surface area contributed by atoms with Crippen molar-refractivity contribution in [3.8, 4) is 0 Å². The van der Waals surface area contributed by atoms with Crippen LogP contribution >= 0.6 is 0 Å². The van der Waals surface area contributed by atoms with Gasteiger partial charge in [-0.2, -0.15) is 0 Å². The van der Waals surface area contributed by atoms with Crippen molar-refractivity contribution >= 4 is 11.7 Å². The van der Waals surface area contributed by atoms with Gasteiger partial charge in [0, 0.05) is 12.8 Å². The number of amidine groups is 2. The van der Waals surface area contributed by atoms with E-state index in [1.54, 1.807) is 0 Å². The summed E-state index contributed by atoms with van der Waals surface area (Å²) in [5, 5.41) is 1.47. The third kappa shape index (κ3) is 3.88. The van der Waals surface area contributed by atoms with Gasteiger partial charge in [-0.25, -0.2) is 15.8 Å². The zero-order chi connectivity index (χ0) is 14.4. The zero-order valence-electron chi connectivity index (χ0n) is 12.0. The lowest BCUT2D eigenvalue weighted by Crippen LogP contribution is -2.52. The summed E-state index contributed by atoms with van der Waals surface area (Å²) in [7, 11) is 0. The van der Waals surface area contributed by atoms with Gasteiger partial charge in [-0.05, 0) is 18.4 Å². The number of nitrogens with two attached hydrogens (primary N) is 2. The molecule has 0 bridgehead atoms. The topological polar surface area (TPSA) is 80.0 Å². The number of nitrogens with zero attached hydrogens (tertiary/aromatic N) is 3. The number of aliphatic imine (C=N–C) groups is 2. The van der Waals surface area contributed by atoms with E-state index in [4.69, 9.17) is 11.6 Å². The van der Waals surface area contributed by atoms with Crippen LogP contribution in [0.25, 0.3) is 0 Å². The van der Waals surface area contributed by atoms with Gasteiger partial charge in [0.05, 0.1) is 0 Å². The molecular formula is C15H23N5. The average Bonchev–Trinajstić information content (AvgIpc) is 2.48. The van der Waals surface area contributed by atoms with Crippen LogP contribution in [0.1, 0.15) is 38.2 Å². The molecule has 0 spiro atoms. The normalized spacial score (nSPS) is 18.8. The predicted octanol–water partition coefficient (Wildman–Crippen LogP) is 2.04. The van der Waals surface area contributed by atoms with E-state index in [-0.39, 0.29) is 0 Å². The maximum atomic E-state index is 5.93. The molecule has 1 atom stereocenters. The molecule has 2 rings (SSSR count). The number of hydrazine groups is 1. The summed E-state index contributed by atoms with van der Waals surface area (Å²) >= 11 is 0. The van der Waals surface area contributed by atoms with Crippen molar-refractivity contribution in [2.75, 3.05) is 0 Å². The van der Waals surface area contributed by atoms with Crippen molar-refractivity contribution in [3.05, 3.63) is 35.9 Å². The third-order valence-corrected chi connectivity index (χ3v) is 3.36. The van der Waals surface area contributed by atoms with Gasteiger partial charge in [-0.3, -0.25) is 10.7 Å². The number of benzene rings is 1. The highest BCUT2D eigenvalue weighted by Crippen LogP contribution is 2.11. The van der Waals surface area contributed by atoms with Crippen LogP contribution in [0, 0.1) is 0 Å². The summed E-state index contributed by atoms with van der Waals surface area (Å²) in [6, 6.07) is 10.3. The molecule has 0 fully saturated rings. The maximum absolute atomic E-state index is 5.93. The first-order valence-corrected chi connectivity index (χ1v) is 7.18. The highest BCUT2D eigenvalue weighted by Gasteiger charge is 2.20. The Labute approximate surface area is 120 Å². The van der Waals surface area contributed by atoms with Gasteiger partial charge in [-0.15, -0.1) is 0 Å². The number of hydrogen-bond acceptors (Lipinski definition) is 5. The standard InChI is InChI=1S/C15H23N5/c1-2-3-9-14-18-13(19-15(16)20(14)17)11-10-12-7-5-4-6-8-12/h4-8,15H,2-3,9-11,16-17H2,1H3. The fraction of sp³-hybridized carbons (Fsp3) is 0.467. The number of aryl methyl sites for hydroxylation is 1. The maximum Gasteiger partial charge on any atom is 0.190 e. The molecule has 20 heavy (non-hydrogen) atoms. The number of unbranched alkanes of at least 4 members (excludes halogenated alkanes) is 1. The first kappa shape index (κ1) is 14.7. The van der Waals surface area contributed by atoms with Gasteiger partial charge in [0.15, 0.2) is 6.29 Å². The predicted molar refractivity (Wildman–Crippen MR) is 83.2 cm³/mol. The van der Waals surface area contributed by atoms with Gasteiger partial charge in [-0.1, -0.05) is 43.7 Å². The summed E-state index contributed by atoms with van der Waals surface area (Å²) in [6.07, 6.45) is 4.22. The van der Waals surface area contributed by atoms with Crippen molar-refractivity contribution < 1.29 is 0 Å². The third-order valence-electron chi connectivity index (χ3n) is 3.36. The molecule has 5 heteroatoms. The second-order valence-electron chi connectivity index (χ2n) is 4.98. The number of rotatable bonds is 6. The summed E-state index contributed by atoms with van der Waals surface area (Å²) in [5.74, 6) is 7.55. The van der Waals surface area contributed by atoms with E-state index in [0.29, 0.717) is 0 Å². The average molecular weight is 273 g/mol. The number of hydrogen-bond donors (Lipinski definition) is 2. The van der Waals surface area contributed by atoms with Gasteiger partial charge in [0.25, 0.3) is 0 Å². The van der Waals surface area contributed by atoms with Crippen LogP contribution in [0.15, 0.2) is 40.3 Å². The smallest absolute Gasteiger partial charge is 0.190 e. The lowest BCUT2D eigenvalue weighted by molar-refractivity contribution is 0.324. The highest BCUT2D eigenvalue weighted by molar-refractivity contribution is 5.98. The Balaban J connectivity index is 1.99. The van der Waals surface area contributed by atoms with Gasteiger partial charge in [0.1, 0.15) is 11.7 Å². The fourth-order valence-corrected chi connectivity index (χ4v) is 2.14. The van der Waals surface area contributed by atoms with E-state index in [2.05, 4.69) is 29.0 Å². The summed E-state index contributed by atoms with van der Waals surface area (Å²) in [5.41, 5.74) is 7.21. The molecule has 0 saturated heterocycles. The van der Waals surface area contributed by atoms with E-state index in [0.717, 1.165) is 43.8 Å². The van der Waals surface area contributed by atoms with E-state index in [1.807, 2.05) is 18.2 Å². The fourth-order valence-electron chi connectivity index (χ4n) is 2.14. The molecule has 0 aliphatic carbocycles. The largest absolute Gasteiger partial charge is 0.291 e. The van der Waals surface area contributed by atoms with Crippen LogP contribution in [0.4, 0.5) is 0 Å². The first-order chi connectivity index (χ1) is 9.70. The van der Waals surface area contributed by atoms with Crippen molar-refractivity contribution in [1.82, 2.24) is 5.01 Å². The van der Waals surface area contributed by atoms with E-state index >= 15 is 0 Å². The SMILES string of the molecule is CCCCC1=NC(CCc2ccccc2)=NC(N)N1N. The van der Waals surface area contributed by atoms with Crippen molar-refractivity contribution in [1.29, 1.82) is 0 Å². The summed E-state index contributed by atoms with van der Waals surface area (Å²) < 4.78 is 0. The van der Waals surface area contributed by atoms with Crippen LogP contribution in [0.2, 0.25) is 0 Å². The summed E-state index contributed by atoms with van der Waals surface area (Å²) in [4.78, 5) is 8.90. The Morgan fingerprint density at radius 2 is 1.90 bits per heavy atom. The van der Waals surface area contributed by atoms with Crippen LogP contribution in [-0.2, 0) is 6.42 Å². The molecule has 1 aromatic rings. The molecule has 1 aromatic carbocycles. The van der Waals surface area contributed by atoms with E-state index in [9.17, 15) is 0 Å². The van der Waals surface area contributed by atoms with Gasteiger partial charge >= 0.3 is 0 Å². The Morgan fingerprint density at radius 3 is 2.60 bits per heavy atom. The van der Waals surface area contributed by atoms with E-state index < -0.39 is 6.29 Å². The minimum Gasteiger partial charge on any atom is -0.291 e. The second-order valence-corrected chi connectivity index (χ2v) is 4.98. The molecule has 5 nitrogen and oxygen atoms in total. The molecule has 1 aliphatic rings. The quantitative estimate of drug-likeness (QED) is 0.778. The van der Waals surface area contributed by atoms with Gasteiger partial charge < -0.3 is 0 Å². The monoisotopic (exact) mass is 273 g/mol. The van der Waals surface area contributed by atoms with Crippen LogP contribution in [0.5, 0.6) is 0 Å². The molecule has 1 heterocycles. The Kier molecular flexibility index (Phi) is 5.26. The zero-order valence-corrected chi connectivity index (χ0v) is 12.0. The second kappa shape index (κ2) is 7.17. The van der Waals surface area contributed by atoms with Crippen LogP contribution < -0.4 is 11.6 Å². The molecule has 4 N–H and O–H groups in total. The lowest BCUT2D eigenvalue weighted by atomic mass is 10.1. The molecule has 0 aromatic heterocycles. The Bertz CT molecular complexity index is 480. The van der Waals surface area contributed by atoms with Crippen molar-refractivity contribution in [3.63, 3.8) is 0 Å². The Hall–Kier alpha value is -1.72. The minimum atomic E-state index is -0.509. The van der Waals surface area contributed by atoms with E-state index in [1.165, 1.54) is 10.6 Å². The molecule has 0 radical (unpaired) electrons. The van der Waals surface area contributed by atoms with Crippen LogP contribution in [0.3, 0.4) is 0 Å². The lowest BCUT2D eigenvalue weighted by Gasteiger charge is -2.28. The summed E-state index contributed by atoms with van der Waals surface area (Å²) in [6.45, 7) is 2.15. The van der Waals surface area contributed by atoms with Crippen molar-refractivity contribution in [2.24, 2.45) is 21.6 Å². The van der Waals surface area contributed by atoms with Gasteiger partial charge in [0.2, 0.25) is 0 Å². The highest BCUT2D eigenvalue weighted by atomic mass is 15.5.